The lowest BCUT2D eigenvalue weighted by Gasteiger charge is -2.18. The Labute approximate surface area is 87.1 Å². The zero-order chi connectivity index (χ0) is 9.73. The summed E-state index contributed by atoms with van der Waals surface area (Å²) in [6.07, 6.45) is 6.91. The maximum Gasteiger partial charge on any atom is 0.0537 e. The summed E-state index contributed by atoms with van der Waals surface area (Å²) in [7, 11) is 0. The second kappa shape index (κ2) is 5.26. The molecule has 0 saturated carbocycles. The molecule has 1 aliphatic rings. The minimum atomic E-state index is 0.375. The second-order valence-corrected chi connectivity index (χ2v) is 5.87. The molecule has 78 valence electrons. The molecule has 1 unspecified atom stereocenters. The largest absolute Gasteiger partial charge is 0.299 e. The molecule has 1 saturated heterocycles. The molecule has 0 radical (unpaired) electrons. The van der Waals surface area contributed by atoms with Gasteiger partial charge in [0.2, 0.25) is 0 Å². The van der Waals surface area contributed by atoms with E-state index in [1.807, 2.05) is 0 Å². The average Bonchev–Trinajstić information content (AvgIpc) is 2.40. The molecule has 0 aromatic rings. The first kappa shape index (κ1) is 11.4. The highest BCUT2D eigenvalue weighted by Gasteiger charge is 2.29. The van der Waals surface area contributed by atoms with Crippen molar-refractivity contribution in [2.24, 2.45) is 0 Å². The molecular formula is C11H23NS. The van der Waals surface area contributed by atoms with E-state index in [1.165, 1.54) is 37.9 Å². The lowest BCUT2D eigenvalue weighted by molar-refractivity contribution is 0.429. The van der Waals surface area contributed by atoms with Crippen molar-refractivity contribution in [2.45, 2.75) is 63.8 Å². The van der Waals surface area contributed by atoms with E-state index < -0.39 is 0 Å². The molecule has 1 N–H and O–H groups in total. The Kier molecular flexibility index (Phi) is 4.60. The highest BCUT2D eigenvalue weighted by molar-refractivity contribution is 8.00. The summed E-state index contributed by atoms with van der Waals surface area (Å²) in [4.78, 5) is 0. The van der Waals surface area contributed by atoms with Gasteiger partial charge in [0.25, 0.3) is 0 Å². The molecule has 0 amide bonds. The van der Waals surface area contributed by atoms with Crippen LogP contribution in [-0.2, 0) is 0 Å². The molecule has 0 spiro atoms. The summed E-state index contributed by atoms with van der Waals surface area (Å²) in [5, 5.41) is 4.40. The van der Waals surface area contributed by atoms with Crippen LogP contribution in [0.1, 0.15) is 52.9 Å². The van der Waals surface area contributed by atoms with Crippen LogP contribution in [0.4, 0.5) is 0 Å². The van der Waals surface area contributed by atoms with Gasteiger partial charge in [0, 0.05) is 11.3 Å². The highest BCUT2D eigenvalue weighted by atomic mass is 32.2. The number of thioether (sulfide) groups is 1. The molecule has 0 aliphatic carbocycles. The molecule has 0 aromatic carbocycles. The fraction of sp³-hybridized carbons (Fsp3) is 1.00. The quantitative estimate of drug-likeness (QED) is 0.684. The Morgan fingerprint density at radius 3 is 2.62 bits per heavy atom. The van der Waals surface area contributed by atoms with Crippen molar-refractivity contribution < 1.29 is 0 Å². The van der Waals surface area contributed by atoms with Crippen molar-refractivity contribution in [3.05, 3.63) is 0 Å². The predicted molar refractivity (Wildman–Crippen MR) is 62.2 cm³/mol. The van der Waals surface area contributed by atoms with Gasteiger partial charge in [-0.15, -0.1) is 11.8 Å². The molecule has 2 heteroatoms. The van der Waals surface area contributed by atoms with E-state index >= 15 is 0 Å². The number of rotatable bonds is 5. The van der Waals surface area contributed by atoms with Gasteiger partial charge >= 0.3 is 0 Å². The zero-order valence-corrected chi connectivity index (χ0v) is 10.0. The van der Waals surface area contributed by atoms with Gasteiger partial charge in [-0.1, -0.05) is 32.6 Å². The maximum atomic E-state index is 3.67. The second-order valence-electron chi connectivity index (χ2n) is 4.68. The standard InChI is InChI=1S/C11H23NS/c1-4-5-6-7-8-10-12-11(2,3)9-13-10/h10,12H,4-9H2,1-3H3. The van der Waals surface area contributed by atoms with Gasteiger partial charge in [0.1, 0.15) is 0 Å². The summed E-state index contributed by atoms with van der Waals surface area (Å²) in [6, 6.07) is 0. The third-order valence-corrected chi connectivity index (χ3v) is 4.16. The first-order chi connectivity index (χ1) is 6.14. The van der Waals surface area contributed by atoms with Crippen molar-refractivity contribution >= 4 is 11.8 Å². The number of unbranched alkanes of at least 4 members (excludes halogenated alkanes) is 3. The molecule has 13 heavy (non-hydrogen) atoms. The minimum absolute atomic E-state index is 0.375. The van der Waals surface area contributed by atoms with Crippen LogP contribution in [0.5, 0.6) is 0 Å². The van der Waals surface area contributed by atoms with E-state index in [0.29, 0.717) is 5.54 Å². The Balaban J connectivity index is 2.04. The summed E-state index contributed by atoms with van der Waals surface area (Å²) in [5.74, 6) is 1.27. The lowest BCUT2D eigenvalue weighted by atomic mass is 10.1. The third kappa shape index (κ3) is 4.37. The van der Waals surface area contributed by atoms with Gasteiger partial charge in [-0.2, -0.15) is 0 Å². The van der Waals surface area contributed by atoms with Gasteiger partial charge in [0.15, 0.2) is 0 Å². The minimum Gasteiger partial charge on any atom is -0.299 e. The molecule has 1 rings (SSSR count). The van der Waals surface area contributed by atoms with E-state index in [9.17, 15) is 0 Å². The molecule has 1 aliphatic heterocycles. The SMILES string of the molecule is CCCCCCC1NC(C)(C)CS1. The summed E-state index contributed by atoms with van der Waals surface area (Å²) < 4.78 is 0. The Bertz CT molecular complexity index is 145. The predicted octanol–water partition coefficient (Wildman–Crippen LogP) is 3.40. The van der Waals surface area contributed by atoms with Gasteiger partial charge < -0.3 is 0 Å². The van der Waals surface area contributed by atoms with Gasteiger partial charge in [0.05, 0.1) is 5.37 Å². The number of hydrogen-bond acceptors (Lipinski definition) is 2. The van der Waals surface area contributed by atoms with Crippen molar-refractivity contribution in [1.29, 1.82) is 0 Å². The van der Waals surface area contributed by atoms with Crippen LogP contribution in [0, 0.1) is 0 Å². The van der Waals surface area contributed by atoms with Gasteiger partial charge in [-0.25, -0.2) is 0 Å². The van der Waals surface area contributed by atoms with Crippen LogP contribution < -0.4 is 5.32 Å². The number of nitrogens with one attached hydrogen (secondary N) is 1. The van der Waals surface area contributed by atoms with Crippen LogP contribution in [0.25, 0.3) is 0 Å². The summed E-state index contributed by atoms with van der Waals surface area (Å²) in [5.41, 5.74) is 0.375. The fourth-order valence-corrected chi connectivity index (χ4v) is 3.18. The zero-order valence-electron chi connectivity index (χ0n) is 9.23. The lowest BCUT2D eigenvalue weighted by Crippen LogP contribution is -2.38. The van der Waals surface area contributed by atoms with E-state index in [1.54, 1.807) is 0 Å². The third-order valence-electron chi connectivity index (χ3n) is 2.52. The molecule has 0 aromatic heterocycles. The molecule has 1 atom stereocenters. The molecular weight excluding hydrogens is 178 g/mol. The highest BCUT2D eigenvalue weighted by Crippen LogP contribution is 2.29. The van der Waals surface area contributed by atoms with E-state index in [4.69, 9.17) is 0 Å². The van der Waals surface area contributed by atoms with Gasteiger partial charge in [-0.05, 0) is 20.3 Å². The van der Waals surface area contributed by atoms with Crippen molar-refractivity contribution in [1.82, 2.24) is 5.32 Å². The van der Waals surface area contributed by atoms with Crippen LogP contribution in [0.15, 0.2) is 0 Å². The molecule has 1 fully saturated rings. The van der Waals surface area contributed by atoms with Crippen LogP contribution in [-0.4, -0.2) is 16.7 Å². The summed E-state index contributed by atoms with van der Waals surface area (Å²) in [6.45, 7) is 6.86. The smallest absolute Gasteiger partial charge is 0.0537 e. The van der Waals surface area contributed by atoms with E-state index in [0.717, 1.165) is 5.37 Å². The molecule has 1 heterocycles. The summed E-state index contributed by atoms with van der Waals surface area (Å²) >= 11 is 2.10. The monoisotopic (exact) mass is 201 g/mol. The van der Waals surface area contributed by atoms with Gasteiger partial charge in [-0.3, -0.25) is 5.32 Å². The van der Waals surface area contributed by atoms with Crippen LogP contribution in [0.3, 0.4) is 0 Å². The normalized spacial score (nSPS) is 26.5. The van der Waals surface area contributed by atoms with Crippen molar-refractivity contribution in [3.63, 3.8) is 0 Å². The first-order valence-electron chi connectivity index (χ1n) is 5.53. The van der Waals surface area contributed by atoms with Crippen molar-refractivity contribution in [2.75, 3.05) is 5.75 Å². The van der Waals surface area contributed by atoms with E-state index in [-0.39, 0.29) is 0 Å². The van der Waals surface area contributed by atoms with Crippen molar-refractivity contribution in [3.8, 4) is 0 Å². The van der Waals surface area contributed by atoms with E-state index in [2.05, 4.69) is 37.8 Å². The Hall–Kier alpha value is 0.310. The Morgan fingerprint density at radius 2 is 2.08 bits per heavy atom. The average molecular weight is 201 g/mol. The first-order valence-corrected chi connectivity index (χ1v) is 6.58. The Morgan fingerprint density at radius 1 is 1.31 bits per heavy atom. The maximum absolute atomic E-state index is 3.67. The van der Waals surface area contributed by atoms with Crippen LogP contribution in [0.2, 0.25) is 0 Å². The molecule has 1 nitrogen and oxygen atoms in total. The topological polar surface area (TPSA) is 12.0 Å². The number of hydrogen-bond donors (Lipinski definition) is 1. The fourth-order valence-electron chi connectivity index (χ4n) is 1.74. The van der Waals surface area contributed by atoms with Crippen LogP contribution >= 0.6 is 11.8 Å². The molecule has 0 bridgehead atoms.